The number of halogens is 3. The standard InChI is InChI=1S/C28H29F3N2O2/c1-18(2)33-15-13-20(14-16-33)19(3)32-27(34)22-7-12-25-21(17-22)5-4-6-26(25)35-24-10-8-23(9-11-24)28(29,30)31/h4-12,17-18,20H,13-16H2,1-3H3. The van der Waals surface area contributed by atoms with Crippen molar-refractivity contribution in [2.75, 3.05) is 13.1 Å². The fourth-order valence-electron chi connectivity index (χ4n) is 4.46. The lowest BCUT2D eigenvalue weighted by molar-refractivity contribution is -0.137. The normalized spacial score (nSPS) is 16.1. The number of alkyl halides is 3. The highest BCUT2D eigenvalue weighted by Crippen LogP contribution is 2.34. The number of hydrogen-bond acceptors (Lipinski definition) is 3. The summed E-state index contributed by atoms with van der Waals surface area (Å²) in [4.78, 5) is 19.7. The predicted octanol–water partition coefficient (Wildman–Crippen LogP) is 7.37. The van der Waals surface area contributed by atoms with E-state index in [9.17, 15) is 18.0 Å². The summed E-state index contributed by atoms with van der Waals surface area (Å²) in [5.74, 6) is 0.843. The summed E-state index contributed by atoms with van der Waals surface area (Å²) in [7, 11) is 0. The molecule has 1 aliphatic rings. The topological polar surface area (TPSA) is 41.9 Å². The first kappa shape index (κ1) is 24.9. The average molecular weight is 483 g/mol. The van der Waals surface area contributed by atoms with Crippen LogP contribution in [0.1, 0.15) is 49.5 Å². The first-order valence-electron chi connectivity index (χ1n) is 11.8. The first-order valence-corrected chi connectivity index (χ1v) is 11.8. The van der Waals surface area contributed by atoms with Gasteiger partial charge in [-0.25, -0.2) is 4.99 Å². The lowest BCUT2D eigenvalue weighted by Gasteiger charge is -2.34. The van der Waals surface area contributed by atoms with Crippen molar-refractivity contribution in [3.8, 4) is 11.5 Å². The number of benzene rings is 3. The van der Waals surface area contributed by atoms with Gasteiger partial charge in [0.1, 0.15) is 11.5 Å². The zero-order chi connectivity index (χ0) is 25.2. The van der Waals surface area contributed by atoms with Crippen LogP contribution in [0.15, 0.2) is 65.7 Å². The van der Waals surface area contributed by atoms with Gasteiger partial charge in [-0.3, -0.25) is 4.79 Å². The monoisotopic (exact) mass is 482 g/mol. The molecule has 4 rings (SSSR count). The molecule has 1 fully saturated rings. The van der Waals surface area contributed by atoms with E-state index in [1.54, 1.807) is 30.3 Å². The second-order valence-corrected chi connectivity index (χ2v) is 9.28. The van der Waals surface area contributed by atoms with Crippen LogP contribution in [0.5, 0.6) is 11.5 Å². The quantitative estimate of drug-likeness (QED) is 0.357. The van der Waals surface area contributed by atoms with Crippen LogP contribution < -0.4 is 4.74 Å². The van der Waals surface area contributed by atoms with Crippen molar-refractivity contribution in [3.63, 3.8) is 0 Å². The number of rotatable bonds is 5. The Morgan fingerprint density at radius 2 is 1.71 bits per heavy atom. The molecule has 35 heavy (non-hydrogen) atoms. The average Bonchev–Trinajstić information content (AvgIpc) is 2.83. The van der Waals surface area contributed by atoms with Crippen molar-refractivity contribution in [2.24, 2.45) is 10.9 Å². The third kappa shape index (κ3) is 5.90. The van der Waals surface area contributed by atoms with Crippen molar-refractivity contribution in [3.05, 3.63) is 71.8 Å². The zero-order valence-corrected chi connectivity index (χ0v) is 20.1. The van der Waals surface area contributed by atoms with Gasteiger partial charge >= 0.3 is 6.18 Å². The molecular weight excluding hydrogens is 453 g/mol. The van der Waals surface area contributed by atoms with Crippen LogP contribution in [0.2, 0.25) is 0 Å². The summed E-state index contributed by atoms with van der Waals surface area (Å²) < 4.78 is 44.3. The number of ether oxygens (including phenoxy) is 1. The Kier molecular flexibility index (Phi) is 7.26. The van der Waals surface area contributed by atoms with Gasteiger partial charge < -0.3 is 9.64 Å². The molecule has 0 saturated carbocycles. The Bertz CT molecular complexity index is 1230. The number of amides is 1. The Balaban J connectivity index is 1.49. The highest BCUT2D eigenvalue weighted by Gasteiger charge is 2.30. The first-order chi connectivity index (χ1) is 16.6. The Hall–Kier alpha value is -3.19. The number of aliphatic imine (C=N–C) groups is 1. The van der Waals surface area contributed by atoms with E-state index in [0.29, 0.717) is 29.0 Å². The molecule has 1 saturated heterocycles. The van der Waals surface area contributed by atoms with Gasteiger partial charge in [0.2, 0.25) is 0 Å². The number of hydrogen-bond donors (Lipinski definition) is 0. The molecule has 0 unspecified atom stereocenters. The smallest absolute Gasteiger partial charge is 0.416 e. The summed E-state index contributed by atoms with van der Waals surface area (Å²) in [5, 5.41) is 1.55. The third-order valence-electron chi connectivity index (χ3n) is 6.63. The summed E-state index contributed by atoms with van der Waals surface area (Å²) >= 11 is 0. The van der Waals surface area contributed by atoms with Gasteiger partial charge in [-0.05, 0) is 107 Å². The van der Waals surface area contributed by atoms with Crippen LogP contribution in [-0.4, -0.2) is 35.7 Å². The summed E-state index contributed by atoms with van der Waals surface area (Å²) in [6, 6.07) is 15.8. The maximum absolute atomic E-state index is 12.9. The van der Waals surface area contributed by atoms with Crippen LogP contribution >= 0.6 is 0 Å². The van der Waals surface area contributed by atoms with Crippen LogP contribution in [0.3, 0.4) is 0 Å². The van der Waals surface area contributed by atoms with E-state index in [2.05, 4.69) is 23.7 Å². The highest BCUT2D eigenvalue weighted by molar-refractivity contribution is 6.06. The molecule has 0 radical (unpaired) electrons. The molecule has 184 valence electrons. The van der Waals surface area contributed by atoms with Crippen LogP contribution in [0.4, 0.5) is 13.2 Å². The molecule has 0 spiro atoms. The van der Waals surface area contributed by atoms with Crippen LogP contribution in [-0.2, 0) is 6.18 Å². The molecule has 0 N–H and O–H groups in total. The molecule has 1 aliphatic heterocycles. The number of piperidine rings is 1. The molecule has 0 atom stereocenters. The number of carbonyl (C=O) groups excluding carboxylic acids is 1. The third-order valence-corrected chi connectivity index (χ3v) is 6.63. The van der Waals surface area contributed by atoms with Crippen molar-refractivity contribution in [2.45, 2.75) is 45.8 Å². The molecule has 1 amide bonds. The van der Waals surface area contributed by atoms with Gasteiger partial charge in [0, 0.05) is 22.7 Å². The summed E-state index contributed by atoms with van der Waals surface area (Å²) in [6.45, 7) is 8.36. The summed E-state index contributed by atoms with van der Waals surface area (Å²) in [5.41, 5.74) is 0.633. The SMILES string of the molecule is CC(=NC(=O)c1ccc2c(Oc3ccc(C(F)(F)F)cc3)cccc2c1)C1CCN(C(C)C)CC1. The fourth-order valence-corrected chi connectivity index (χ4v) is 4.46. The molecule has 0 aliphatic carbocycles. The molecule has 4 nitrogen and oxygen atoms in total. The van der Waals surface area contributed by atoms with Crippen molar-refractivity contribution in [1.82, 2.24) is 4.90 Å². The maximum atomic E-state index is 12.9. The number of fused-ring (bicyclic) bond motifs is 1. The summed E-state index contributed by atoms with van der Waals surface area (Å²) in [6.07, 6.45) is -2.39. The van der Waals surface area contributed by atoms with Crippen LogP contribution in [0, 0.1) is 5.92 Å². The minimum atomic E-state index is -4.40. The Labute approximate surface area is 203 Å². The van der Waals surface area contributed by atoms with Gasteiger partial charge in [0.05, 0.1) is 5.56 Å². The van der Waals surface area contributed by atoms with E-state index in [4.69, 9.17) is 4.74 Å². The minimum absolute atomic E-state index is 0.273. The largest absolute Gasteiger partial charge is 0.457 e. The molecule has 7 heteroatoms. The molecule has 3 aromatic carbocycles. The zero-order valence-electron chi connectivity index (χ0n) is 20.1. The number of nitrogens with zero attached hydrogens (tertiary/aromatic N) is 2. The molecule has 1 heterocycles. The second-order valence-electron chi connectivity index (χ2n) is 9.28. The van der Waals surface area contributed by atoms with E-state index in [1.165, 1.54) is 12.1 Å². The Morgan fingerprint density at radius 1 is 1.03 bits per heavy atom. The van der Waals surface area contributed by atoms with Gasteiger partial charge in [-0.2, -0.15) is 13.2 Å². The second kappa shape index (κ2) is 10.2. The van der Waals surface area contributed by atoms with Crippen molar-refractivity contribution < 1.29 is 22.7 Å². The van der Waals surface area contributed by atoms with E-state index in [-0.39, 0.29) is 5.91 Å². The van der Waals surface area contributed by atoms with E-state index in [0.717, 1.165) is 54.5 Å². The number of carbonyl (C=O) groups is 1. The number of likely N-dealkylation sites (tertiary alicyclic amines) is 1. The van der Waals surface area contributed by atoms with Gasteiger partial charge in [-0.1, -0.05) is 12.1 Å². The van der Waals surface area contributed by atoms with Gasteiger partial charge in [-0.15, -0.1) is 0 Å². The fraction of sp³-hybridized carbons (Fsp3) is 0.357. The Morgan fingerprint density at radius 3 is 2.34 bits per heavy atom. The van der Waals surface area contributed by atoms with E-state index in [1.807, 2.05) is 13.0 Å². The molecule has 0 bridgehead atoms. The molecule has 0 aromatic heterocycles. The van der Waals surface area contributed by atoms with Crippen molar-refractivity contribution >= 4 is 22.4 Å². The van der Waals surface area contributed by atoms with Crippen molar-refractivity contribution in [1.29, 1.82) is 0 Å². The van der Waals surface area contributed by atoms with Crippen LogP contribution in [0.25, 0.3) is 10.8 Å². The van der Waals surface area contributed by atoms with Gasteiger partial charge in [0.25, 0.3) is 5.91 Å². The lowest BCUT2D eigenvalue weighted by Crippen LogP contribution is -2.40. The lowest BCUT2D eigenvalue weighted by atomic mass is 9.92. The van der Waals surface area contributed by atoms with E-state index < -0.39 is 11.7 Å². The minimum Gasteiger partial charge on any atom is -0.457 e. The maximum Gasteiger partial charge on any atom is 0.416 e. The van der Waals surface area contributed by atoms with E-state index >= 15 is 0 Å². The molecule has 3 aromatic rings. The molecular formula is C28H29F3N2O2. The highest BCUT2D eigenvalue weighted by atomic mass is 19.4. The van der Waals surface area contributed by atoms with Gasteiger partial charge in [0.15, 0.2) is 0 Å². The predicted molar refractivity (Wildman–Crippen MR) is 132 cm³/mol.